The van der Waals surface area contributed by atoms with Gasteiger partial charge in [-0.05, 0) is 65.1 Å². The van der Waals surface area contributed by atoms with Crippen molar-refractivity contribution < 1.29 is 4.79 Å². The minimum absolute atomic E-state index is 0.185. The molecule has 0 saturated heterocycles. The smallest absolute Gasteiger partial charge is 0.264 e. The molecule has 2 aromatic rings. The van der Waals surface area contributed by atoms with Crippen LogP contribution in [0.4, 0.5) is 0 Å². The summed E-state index contributed by atoms with van der Waals surface area (Å²) in [7, 11) is 4.15. The number of carbonyl (C=O) groups is 1. The molecule has 0 bridgehead atoms. The van der Waals surface area contributed by atoms with Crippen molar-refractivity contribution in [3.8, 4) is 0 Å². The zero-order chi connectivity index (χ0) is 20.5. The third-order valence-corrected chi connectivity index (χ3v) is 7.61. The van der Waals surface area contributed by atoms with Crippen molar-refractivity contribution in [2.24, 2.45) is 5.92 Å². The van der Waals surface area contributed by atoms with Crippen LogP contribution in [0.5, 0.6) is 0 Å². The second-order valence-corrected chi connectivity index (χ2v) is 10.2. The minimum Gasteiger partial charge on any atom is -0.336 e. The number of hydrogen-bond donors (Lipinski definition) is 0. The number of fused-ring (bicyclic) bond motifs is 1. The Morgan fingerprint density at radius 1 is 1.03 bits per heavy atom. The molecule has 2 fully saturated rings. The number of amides is 1. The van der Waals surface area contributed by atoms with Crippen molar-refractivity contribution >= 4 is 27.5 Å². The highest BCUT2D eigenvalue weighted by Gasteiger charge is 2.30. The van der Waals surface area contributed by atoms with Crippen LogP contribution in [0.25, 0.3) is 10.2 Å². The van der Waals surface area contributed by atoms with Crippen molar-refractivity contribution in [1.29, 1.82) is 0 Å². The lowest BCUT2D eigenvalue weighted by atomic mass is 9.89. The fourth-order valence-corrected chi connectivity index (χ4v) is 5.72. The lowest BCUT2D eigenvalue weighted by Gasteiger charge is -2.30. The largest absolute Gasteiger partial charge is 0.336 e. The van der Waals surface area contributed by atoms with Gasteiger partial charge in [0.1, 0.15) is 10.7 Å². The van der Waals surface area contributed by atoms with Crippen molar-refractivity contribution in [2.45, 2.75) is 64.7 Å². The zero-order valence-corrected chi connectivity index (χ0v) is 19.1. The molecule has 1 amide bonds. The monoisotopic (exact) mass is 414 g/mol. The third kappa shape index (κ3) is 4.64. The number of carbonyl (C=O) groups excluding carboxylic acids is 1. The fourth-order valence-electron chi connectivity index (χ4n) is 4.51. The van der Waals surface area contributed by atoms with E-state index in [4.69, 9.17) is 9.97 Å². The third-order valence-electron chi connectivity index (χ3n) is 6.43. The van der Waals surface area contributed by atoms with Gasteiger partial charge in [0.15, 0.2) is 0 Å². The molecule has 0 N–H and O–H groups in total. The van der Waals surface area contributed by atoms with Crippen LogP contribution >= 0.6 is 11.3 Å². The molecule has 0 spiro atoms. The molecule has 2 aromatic heterocycles. The van der Waals surface area contributed by atoms with Gasteiger partial charge in [-0.15, -0.1) is 11.3 Å². The predicted molar refractivity (Wildman–Crippen MR) is 120 cm³/mol. The average Bonchev–Trinajstić information content (AvgIpc) is 3.49. The van der Waals surface area contributed by atoms with E-state index >= 15 is 0 Å². The van der Waals surface area contributed by atoms with Gasteiger partial charge in [-0.25, -0.2) is 9.97 Å². The SMILES string of the molecule is Cc1nc(C2CC2)nc2sc(C(=O)N(CCN(C)C)CC3CCCCC3)c(C)c12. The second kappa shape index (κ2) is 8.68. The molecule has 0 atom stereocenters. The molecule has 2 aliphatic rings. The highest BCUT2D eigenvalue weighted by molar-refractivity contribution is 7.20. The molecular formula is C23H34N4OS. The van der Waals surface area contributed by atoms with E-state index in [1.165, 1.54) is 44.9 Å². The molecule has 5 nitrogen and oxygen atoms in total. The van der Waals surface area contributed by atoms with Crippen LogP contribution in [0.15, 0.2) is 0 Å². The molecule has 6 heteroatoms. The molecule has 0 radical (unpaired) electrons. The Balaban J connectivity index is 1.62. The molecule has 2 aliphatic carbocycles. The number of aryl methyl sites for hydroxylation is 2. The summed E-state index contributed by atoms with van der Waals surface area (Å²) >= 11 is 1.57. The predicted octanol–water partition coefficient (Wildman–Crippen LogP) is 4.77. The van der Waals surface area contributed by atoms with Gasteiger partial charge in [-0.1, -0.05) is 19.3 Å². The van der Waals surface area contributed by atoms with E-state index in [2.05, 4.69) is 37.7 Å². The normalized spacial score (nSPS) is 18.0. The van der Waals surface area contributed by atoms with Crippen LogP contribution in [-0.2, 0) is 0 Å². The lowest BCUT2D eigenvalue weighted by Crippen LogP contribution is -2.40. The van der Waals surface area contributed by atoms with Crippen molar-refractivity contribution in [1.82, 2.24) is 19.8 Å². The van der Waals surface area contributed by atoms with Gasteiger partial charge in [-0.3, -0.25) is 4.79 Å². The Hall–Kier alpha value is -1.53. The van der Waals surface area contributed by atoms with E-state index in [1.54, 1.807) is 11.3 Å². The summed E-state index contributed by atoms with van der Waals surface area (Å²) in [5.74, 6) is 2.34. The summed E-state index contributed by atoms with van der Waals surface area (Å²) in [5.41, 5.74) is 2.09. The highest BCUT2D eigenvalue weighted by atomic mass is 32.1. The zero-order valence-electron chi connectivity index (χ0n) is 18.3. The summed E-state index contributed by atoms with van der Waals surface area (Å²) < 4.78 is 0. The number of aromatic nitrogens is 2. The van der Waals surface area contributed by atoms with E-state index in [9.17, 15) is 4.79 Å². The molecular weight excluding hydrogens is 380 g/mol. The minimum atomic E-state index is 0.185. The van der Waals surface area contributed by atoms with E-state index in [-0.39, 0.29) is 5.91 Å². The Bertz CT molecular complexity index is 881. The summed E-state index contributed by atoms with van der Waals surface area (Å²) in [6.45, 7) is 6.71. The quantitative estimate of drug-likeness (QED) is 0.655. The summed E-state index contributed by atoms with van der Waals surface area (Å²) in [4.78, 5) is 29.4. The Morgan fingerprint density at radius 3 is 2.41 bits per heavy atom. The fraction of sp³-hybridized carbons (Fsp3) is 0.696. The molecule has 0 aromatic carbocycles. The first kappa shape index (κ1) is 20.7. The topological polar surface area (TPSA) is 49.3 Å². The van der Waals surface area contributed by atoms with Crippen LogP contribution < -0.4 is 0 Å². The van der Waals surface area contributed by atoms with Gasteiger partial charge in [0.2, 0.25) is 0 Å². The van der Waals surface area contributed by atoms with Gasteiger partial charge < -0.3 is 9.80 Å². The standard InChI is InChI=1S/C23H34N4OS/c1-15-19-16(2)24-21(18-10-11-18)25-22(19)29-20(15)23(28)27(13-12-26(3)4)14-17-8-6-5-7-9-17/h17-18H,5-14H2,1-4H3. The first-order valence-electron chi connectivity index (χ1n) is 11.2. The molecule has 0 aliphatic heterocycles. The molecule has 2 heterocycles. The number of rotatable bonds is 7. The molecule has 0 unspecified atom stereocenters. The molecule has 158 valence electrons. The summed E-state index contributed by atoms with van der Waals surface area (Å²) in [5, 5.41) is 1.09. The van der Waals surface area contributed by atoms with E-state index in [1.807, 2.05) is 0 Å². The average molecular weight is 415 g/mol. The van der Waals surface area contributed by atoms with Gasteiger partial charge in [0.25, 0.3) is 5.91 Å². The van der Waals surface area contributed by atoms with Crippen LogP contribution in [0.2, 0.25) is 0 Å². The maximum atomic E-state index is 13.6. The maximum absolute atomic E-state index is 13.6. The van der Waals surface area contributed by atoms with Gasteiger partial charge in [-0.2, -0.15) is 0 Å². The molecule has 4 rings (SSSR count). The summed E-state index contributed by atoms with van der Waals surface area (Å²) in [6, 6.07) is 0. The number of likely N-dealkylation sites (N-methyl/N-ethyl adjacent to an activating group) is 1. The number of hydrogen-bond acceptors (Lipinski definition) is 5. The van der Waals surface area contributed by atoms with Crippen LogP contribution in [0.3, 0.4) is 0 Å². The lowest BCUT2D eigenvalue weighted by molar-refractivity contribution is 0.0706. The molecule has 29 heavy (non-hydrogen) atoms. The van der Waals surface area contributed by atoms with Crippen molar-refractivity contribution in [2.75, 3.05) is 33.7 Å². The van der Waals surface area contributed by atoms with Gasteiger partial charge >= 0.3 is 0 Å². The summed E-state index contributed by atoms with van der Waals surface area (Å²) in [6.07, 6.45) is 8.86. The maximum Gasteiger partial charge on any atom is 0.264 e. The Kier molecular flexibility index (Phi) is 6.21. The molecule has 2 saturated carbocycles. The Labute approximate surface area is 178 Å². The highest BCUT2D eigenvalue weighted by Crippen LogP contribution is 2.40. The Morgan fingerprint density at radius 2 is 1.76 bits per heavy atom. The first-order chi connectivity index (χ1) is 13.9. The van der Waals surface area contributed by atoms with Gasteiger partial charge in [0, 0.05) is 30.9 Å². The first-order valence-corrected chi connectivity index (χ1v) is 12.0. The van der Waals surface area contributed by atoms with Crippen LogP contribution in [-0.4, -0.2) is 59.4 Å². The van der Waals surface area contributed by atoms with Gasteiger partial charge in [0.05, 0.1) is 10.6 Å². The van der Waals surface area contributed by atoms with E-state index in [0.717, 1.165) is 51.8 Å². The van der Waals surface area contributed by atoms with Crippen molar-refractivity contribution in [3.63, 3.8) is 0 Å². The number of nitrogens with zero attached hydrogens (tertiary/aromatic N) is 4. The second-order valence-electron chi connectivity index (χ2n) is 9.24. The van der Waals surface area contributed by atoms with E-state index < -0.39 is 0 Å². The van der Waals surface area contributed by atoms with E-state index in [0.29, 0.717) is 11.8 Å². The van der Waals surface area contributed by atoms with Crippen LogP contribution in [0.1, 0.15) is 77.6 Å². The van der Waals surface area contributed by atoms with Crippen LogP contribution in [0, 0.1) is 19.8 Å². The van der Waals surface area contributed by atoms with Crippen molar-refractivity contribution in [3.05, 3.63) is 22.0 Å². The number of thiophene rings is 1.